The zero-order chi connectivity index (χ0) is 29.1. The van der Waals surface area contributed by atoms with Crippen LogP contribution in [0.1, 0.15) is 83.8 Å². The number of carboxylic acid groups (broad SMARTS) is 1. The number of aryl methyl sites for hydroxylation is 1. The molecule has 2 aromatic heterocycles. The van der Waals surface area contributed by atoms with Gasteiger partial charge in [-0.05, 0) is 67.3 Å². The monoisotopic (exact) mass is 557 g/mol. The number of halogens is 1. The van der Waals surface area contributed by atoms with Crippen molar-refractivity contribution in [2.24, 2.45) is 7.05 Å². The topological polar surface area (TPSA) is 93.2 Å². The van der Waals surface area contributed by atoms with Crippen LogP contribution >= 0.6 is 0 Å². The predicted molar refractivity (Wildman–Crippen MR) is 155 cm³/mol. The lowest BCUT2D eigenvalue weighted by molar-refractivity contribution is 0.0595. The summed E-state index contributed by atoms with van der Waals surface area (Å²) in [7, 11) is 1.84. The number of piperidine rings is 1. The van der Waals surface area contributed by atoms with Crippen molar-refractivity contribution < 1.29 is 19.1 Å². The fraction of sp³-hybridized carbons (Fsp3) is 0.375. The smallest absolute Gasteiger partial charge is 0.339 e. The maximum atomic E-state index is 16.0. The fourth-order valence-electron chi connectivity index (χ4n) is 5.86. The van der Waals surface area contributed by atoms with Crippen LogP contribution < -0.4 is 0 Å². The van der Waals surface area contributed by atoms with Crippen LogP contribution in [0.4, 0.5) is 4.39 Å². The van der Waals surface area contributed by atoms with Crippen molar-refractivity contribution in [3.8, 4) is 16.8 Å². The number of hydrogen-bond donors (Lipinski definition) is 1. The van der Waals surface area contributed by atoms with E-state index in [1.807, 2.05) is 31.1 Å². The number of rotatable bonds is 9. The van der Waals surface area contributed by atoms with Crippen molar-refractivity contribution in [1.82, 2.24) is 24.5 Å². The molecule has 8 nitrogen and oxygen atoms in total. The van der Waals surface area contributed by atoms with Gasteiger partial charge in [0.25, 0.3) is 5.91 Å². The van der Waals surface area contributed by atoms with Crippen LogP contribution in [0.25, 0.3) is 16.8 Å². The van der Waals surface area contributed by atoms with E-state index in [4.69, 9.17) is 0 Å². The summed E-state index contributed by atoms with van der Waals surface area (Å²) in [5, 5.41) is 18.5. The second kappa shape index (κ2) is 12.1. The molecule has 4 aromatic rings. The third-order valence-electron chi connectivity index (χ3n) is 8.03. The Kier molecular flexibility index (Phi) is 8.33. The quantitative estimate of drug-likeness (QED) is 0.263. The van der Waals surface area contributed by atoms with E-state index < -0.39 is 11.8 Å². The summed E-state index contributed by atoms with van der Waals surface area (Å²) in [6.45, 7) is 4.77. The Morgan fingerprint density at radius 3 is 2.63 bits per heavy atom. The van der Waals surface area contributed by atoms with Gasteiger partial charge in [-0.25, -0.2) is 13.9 Å². The van der Waals surface area contributed by atoms with Crippen molar-refractivity contribution in [2.75, 3.05) is 6.54 Å². The molecule has 1 aliphatic heterocycles. The van der Waals surface area contributed by atoms with Gasteiger partial charge in [0.2, 0.25) is 0 Å². The van der Waals surface area contributed by atoms with Gasteiger partial charge >= 0.3 is 5.97 Å². The van der Waals surface area contributed by atoms with Gasteiger partial charge in [0.15, 0.2) is 0 Å². The average molecular weight is 558 g/mol. The van der Waals surface area contributed by atoms with Gasteiger partial charge in [-0.3, -0.25) is 9.48 Å². The number of nitrogens with zero attached hydrogens (tertiary/aromatic N) is 5. The summed E-state index contributed by atoms with van der Waals surface area (Å²) < 4.78 is 19.3. The number of amides is 1. The first kappa shape index (κ1) is 28.3. The number of hydrogen-bond acceptors (Lipinski definition) is 4. The second-order valence-electron chi connectivity index (χ2n) is 10.9. The molecule has 0 radical (unpaired) electrons. The summed E-state index contributed by atoms with van der Waals surface area (Å²) >= 11 is 0. The minimum Gasteiger partial charge on any atom is -0.478 e. The van der Waals surface area contributed by atoms with Gasteiger partial charge in [0, 0.05) is 31.4 Å². The first-order chi connectivity index (χ1) is 19.8. The highest BCUT2D eigenvalue weighted by molar-refractivity contribution is 5.96. The van der Waals surface area contributed by atoms with E-state index in [1.54, 1.807) is 52.0 Å². The van der Waals surface area contributed by atoms with E-state index in [1.165, 1.54) is 6.20 Å². The molecular formula is C32H36FN5O3. The van der Waals surface area contributed by atoms with E-state index in [0.29, 0.717) is 35.5 Å². The molecule has 9 heteroatoms. The van der Waals surface area contributed by atoms with Gasteiger partial charge in [0.05, 0.1) is 29.3 Å². The molecule has 214 valence electrons. The first-order valence-electron chi connectivity index (χ1n) is 14.3. The maximum absolute atomic E-state index is 16.0. The Hall–Kier alpha value is -4.27. The minimum absolute atomic E-state index is 0.00751. The molecule has 1 saturated heterocycles. The molecule has 1 fully saturated rings. The van der Waals surface area contributed by atoms with E-state index >= 15 is 4.39 Å². The molecule has 2 aromatic carbocycles. The minimum atomic E-state index is -1.06. The van der Waals surface area contributed by atoms with E-state index in [0.717, 1.165) is 37.7 Å². The van der Waals surface area contributed by atoms with E-state index in [2.05, 4.69) is 17.1 Å². The summed E-state index contributed by atoms with van der Waals surface area (Å²) in [6, 6.07) is 12.3. The van der Waals surface area contributed by atoms with Crippen LogP contribution in [0.3, 0.4) is 0 Å². The molecule has 5 rings (SSSR count). The normalized spacial score (nSPS) is 16.1. The highest BCUT2D eigenvalue weighted by atomic mass is 19.1. The lowest BCUT2D eigenvalue weighted by Crippen LogP contribution is -2.44. The third kappa shape index (κ3) is 5.80. The van der Waals surface area contributed by atoms with Crippen molar-refractivity contribution in [3.05, 3.63) is 89.3 Å². The van der Waals surface area contributed by atoms with Gasteiger partial charge in [-0.2, -0.15) is 10.2 Å². The summed E-state index contributed by atoms with van der Waals surface area (Å²) in [4.78, 5) is 27.4. The van der Waals surface area contributed by atoms with Crippen LogP contribution in [-0.2, 0) is 13.5 Å². The van der Waals surface area contributed by atoms with Crippen LogP contribution in [0.5, 0.6) is 0 Å². The Morgan fingerprint density at radius 2 is 1.90 bits per heavy atom. The second-order valence-corrected chi connectivity index (χ2v) is 10.9. The molecule has 1 amide bonds. The van der Waals surface area contributed by atoms with Crippen molar-refractivity contribution in [3.63, 3.8) is 0 Å². The maximum Gasteiger partial charge on any atom is 0.339 e. The standard InChI is InChI=1S/C32H36FN5O3/c1-4-9-24-11-5-6-15-37(24)31(39)27-14-8-13-26(30(27)33)22-10-7-12-25(17-22)38-29(28(19-35-38)32(40)41)16-21(2)23-18-34-36(3)20-23/h7-8,10,12-14,17-21,24H,4-6,9,11,15-16H2,1-3H3,(H,40,41)/t21?,24-/m1/s1. The summed E-state index contributed by atoms with van der Waals surface area (Å²) in [5.74, 6) is -1.87. The molecule has 2 atom stereocenters. The molecule has 0 saturated carbocycles. The lowest BCUT2D eigenvalue weighted by Gasteiger charge is -2.36. The first-order valence-corrected chi connectivity index (χ1v) is 14.3. The molecular weight excluding hydrogens is 521 g/mol. The highest BCUT2D eigenvalue weighted by Crippen LogP contribution is 2.31. The number of carbonyl (C=O) groups excluding carboxylic acids is 1. The van der Waals surface area contributed by atoms with Gasteiger partial charge in [-0.1, -0.05) is 44.5 Å². The van der Waals surface area contributed by atoms with E-state index in [9.17, 15) is 14.7 Å². The Morgan fingerprint density at radius 1 is 1.10 bits per heavy atom. The molecule has 0 spiro atoms. The number of carboxylic acids is 1. The van der Waals surface area contributed by atoms with Crippen molar-refractivity contribution >= 4 is 11.9 Å². The molecule has 1 aliphatic rings. The fourth-order valence-corrected chi connectivity index (χ4v) is 5.86. The SMILES string of the molecule is CCC[C@@H]1CCCCN1C(=O)c1cccc(-c2cccc(-n3ncc(C(=O)O)c3CC(C)c3cnn(C)c3)c2)c1F. The Bertz CT molecular complexity index is 1560. The van der Waals surface area contributed by atoms with Gasteiger partial charge < -0.3 is 10.0 Å². The number of likely N-dealkylation sites (tertiary alicyclic amines) is 1. The third-order valence-corrected chi connectivity index (χ3v) is 8.03. The highest BCUT2D eigenvalue weighted by Gasteiger charge is 2.29. The van der Waals surface area contributed by atoms with Crippen LogP contribution in [0.2, 0.25) is 0 Å². The Balaban J connectivity index is 1.49. The van der Waals surface area contributed by atoms with Crippen LogP contribution in [0.15, 0.2) is 61.1 Å². The van der Waals surface area contributed by atoms with Crippen molar-refractivity contribution in [2.45, 2.75) is 64.3 Å². The molecule has 41 heavy (non-hydrogen) atoms. The number of carbonyl (C=O) groups is 2. The summed E-state index contributed by atoms with van der Waals surface area (Å²) in [6.07, 6.45) is 10.3. The van der Waals surface area contributed by atoms with E-state index in [-0.39, 0.29) is 29.0 Å². The zero-order valence-electron chi connectivity index (χ0n) is 23.8. The predicted octanol–water partition coefficient (Wildman–Crippen LogP) is 6.25. The summed E-state index contributed by atoms with van der Waals surface area (Å²) in [5.41, 5.74) is 3.24. The zero-order valence-corrected chi connectivity index (χ0v) is 23.8. The molecule has 0 bridgehead atoms. The van der Waals surface area contributed by atoms with Gasteiger partial charge in [0.1, 0.15) is 11.4 Å². The number of benzene rings is 2. The number of aromatic nitrogens is 4. The molecule has 3 heterocycles. The number of aromatic carboxylic acids is 1. The van der Waals surface area contributed by atoms with Gasteiger partial charge in [-0.15, -0.1) is 0 Å². The molecule has 1 N–H and O–H groups in total. The van der Waals surface area contributed by atoms with Crippen LogP contribution in [-0.4, -0.2) is 54.0 Å². The lowest BCUT2D eigenvalue weighted by atomic mass is 9.96. The molecule has 1 unspecified atom stereocenters. The van der Waals surface area contributed by atoms with Crippen LogP contribution in [0, 0.1) is 5.82 Å². The largest absolute Gasteiger partial charge is 0.478 e. The molecule has 0 aliphatic carbocycles. The Labute approximate surface area is 239 Å². The van der Waals surface area contributed by atoms with Crippen molar-refractivity contribution in [1.29, 1.82) is 0 Å². The average Bonchev–Trinajstić information content (AvgIpc) is 3.60.